The Balaban J connectivity index is 1.48. The summed E-state index contributed by atoms with van der Waals surface area (Å²) in [6.45, 7) is 3.82. The molecular formula is C19H20Cl2N6O4. The monoisotopic (exact) mass is 466 g/mol. The van der Waals surface area contributed by atoms with Crippen LogP contribution in [0.1, 0.15) is 25.6 Å². The molecule has 0 spiro atoms. The molecule has 0 bridgehead atoms. The van der Waals surface area contributed by atoms with Crippen LogP contribution in [0.3, 0.4) is 0 Å². The van der Waals surface area contributed by atoms with E-state index in [1.165, 1.54) is 4.68 Å². The maximum atomic E-state index is 9.73. The van der Waals surface area contributed by atoms with Crippen molar-refractivity contribution >= 4 is 40.2 Å². The summed E-state index contributed by atoms with van der Waals surface area (Å²) in [4.78, 5) is 8.56. The third kappa shape index (κ3) is 3.73. The fourth-order valence-corrected chi connectivity index (χ4v) is 4.29. The van der Waals surface area contributed by atoms with Gasteiger partial charge in [-0.25, -0.2) is 0 Å². The van der Waals surface area contributed by atoms with Crippen molar-refractivity contribution in [1.29, 1.82) is 0 Å². The molecule has 2 fully saturated rings. The maximum absolute atomic E-state index is 9.73. The molecule has 31 heavy (non-hydrogen) atoms. The van der Waals surface area contributed by atoms with E-state index in [1.807, 2.05) is 38.1 Å². The van der Waals surface area contributed by atoms with Crippen molar-refractivity contribution in [1.82, 2.24) is 25.0 Å². The predicted octanol–water partition coefficient (Wildman–Crippen LogP) is 2.55. The molecule has 0 radical (unpaired) electrons. The third-order valence-electron chi connectivity index (χ3n) is 5.25. The van der Waals surface area contributed by atoms with Gasteiger partial charge in [0.05, 0.1) is 6.61 Å². The fraction of sp³-hybridized carbons (Fsp3) is 0.474. The smallest absolute Gasteiger partial charge is 0.226 e. The van der Waals surface area contributed by atoms with Crippen molar-refractivity contribution in [2.24, 2.45) is 0 Å². The van der Waals surface area contributed by atoms with Crippen LogP contribution in [0.4, 0.5) is 5.82 Å². The standard InChI is InChI=1S/C19H20Cl2N6O4/c1-19(2)30-13-11(8-28)29-17(14(13)31-19)27-16-12(25-26-27)15(23-18(21)24-16)22-7-9-5-3-4-6-10(9)20/h3-6,11,13-14,17,28H,7-8H2,1-2H3,(H,22,23,24)/t11-,13-,14-,17-/m1/s1. The van der Waals surface area contributed by atoms with Crippen LogP contribution in [-0.2, 0) is 20.8 Å². The predicted molar refractivity (Wildman–Crippen MR) is 112 cm³/mol. The van der Waals surface area contributed by atoms with Crippen LogP contribution in [-0.4, -0.2) is 60.8 Å². The lowest BCUT2D eigenvalue weighted by Gasteiger charge is -2.23. The Morgan fingerprint density at radius 3 is 2.71 bits per heavy atom. The number of aromatic nitrogens is 5. The van der Waals surface area contributed by atoms with Crippen molar-refractivity contribution in [2.75, 3.05) is 11.9 Å². The Bertz CT molecular complexity index is 1130. The number of aliphatic hydroxyl groups excluding tert-OH is 1. The SMILES string of the molecule is CC1(C)O[C@@H]2[C@H](O1)[C@@H](CO)O[C@H]2n1nnc2c(NCc3ccccc3Cl)nc(Cl)nc21. The average Bonchev–Trinajstić information content (AvgIpc) is 3.37. The van der Waals surface area contributed by atoms with E-state index in [-0.39, 0.29) is 11.9 Å². The molecular weight excluding hydrogens is 447 g/mol. The molecule has 10 nitrogen and oxygen atoms in total. The summed E-state index contributed by atoms with van der Waals surface area (Å²) < 4.78 is 19.4. The van der Waals surface area contributed by atoms with E-state index >= 15 is 0 Å². The summed E-state index contributed by atoms with van der Waals surface area (Å²) in [6, 6.07) is 7.49. The Kier molecular flexibility index (Phi) is 5.24. The summed E-state index contributed by atoms with van der Waals surface area (Å²) in [5.74, 6) is -0.395. The Labute approximate surface area is 187 Å². The first-order valence-corrected chi connectivity index (χ1v) is 10.5. The highest BCUT2D eigenvalue weighted by Crippen LogP contribution is 2.43. The van der Waals surface area contributed by atoms with E-state index < -0.39 is 30.3 Å². The second-order valence-corrected chi connectivity index (χ2v) is 8.55. The van der Waals surface area contributed by atoms with Gasteiger partial charge in [-0.1, -0.05) is 35.0 Å². The van der Waals surface area contributed by atoms with Gasteiger partial charge in [0.1, 0.15) is 18.3 Å². The third-order valence-corrected chi connectivity index (χ3v) is 5.78. The maximum Gasteiger partial charge on any atom is 0.226 e. The summed E-state index contributed by atoms with van der Waals surface area (Å²) in [6.07, 6.45) is -2.20. The first-order chi connectivity index (χ1) is 14.9. The van der Waals surface area contributed by atoms with Crippen LogP contribution in [0, 0.1) is 0 Å². The number of rotatable bonds is 5. The number of anilines is 1. The lowest BCUT2D eigenvalue weighted by Crippen LogP contribution is -2.31. The average molecular weight is 467 g/mol. The van der Waals surface area contributed by atoms with E-state index in [4.69, 9.17) is 37.4 Å². The van der Waals surface area contributed by atoms with E-state index in [0.29, 0.717) is 28.5 Å². The number of nitrogens with zero attached hydrogens (tertiary/aromatic N) is 5. The molecule has 0 saturated carbocycles. The van der Waals surface area contributed by atoms with Gasteiger partial charge in [0.25, 0.3) is 0 Å². The van der Waals surface area contributed by atoms with Gasteiger partial charge in [-0.05, 0) is 37.1 Å². The Morgan fingerprint density at radius 1 is 1.16 bits per heavy atom. The van der Waals surface area contributed by atoms with Gasteiger partial charge in [-0.15, -0.1) is 5.10 Å². The molecule has 2 aromatic heterocycles. The number of nitrogens with one attached hydrogen (secondary N) is 1. The van der Waals surface area contributed by atoms with Crippen molar-refractivity contribution < 1.29 is 19.3 Å². The van der Waals surface area contributed by atoms with Gasteiger partial charge >= 0.3 is 0 Å². The molecule has 3 aromatic rings. The van der Waals surface area contributed by atoms with Crippen molar-refractivity contribution in [2.45, 2.75) is 50.7 Å². The number of halogens is 2. The largest absolute Gasteiger partial charge is 0.394 e. The number of hydrogen-bond donors (Lipinski definition) is 2. The molecule has 2 N–H and O–H groups in total. The molecule has 0 amide bonds. The number of ether oxygens (including phenoxy) is 3. The minimum absolute atomic E-state index is 0.0230. The van der Waals surface area contributed by atoms with Gasteiger partial charge in [-0.2, -0.15) is 14.6 Å². The molecule has 0 unspecified atom stereocenters. The number of fused-ring (bicyclic) bond motifs is 2. The van der Waals surface area contributed by atoms with Gasteiger partial charge in [0.15, 0.2) is 29.0 Å². The molecule has 12 heteroatoms. The highest BCUT2D eigenvalue weighted by molar-refractivity contribution is 6.31. The highest BCUT2D eigenvalue weighted by atomic mass is 35.5. The molecule has 4 atom stereocenters. The first-order valence-electron chi connectivity index (χ1n) is 9.74. The second-order valence-electron chi connectivity index (χ2n) is 7.80. The van der Waals surface area contributed by atoms with Crippen molar-refractivity contribution in [3.05, 3.63) is 40.1 Å². The van der Waals surface area contributed by atoms with Crippen molar-refractivity contribution in [3.8, 4) is 0 Å². The molecule has 1 aromatic carbocycles. The fourth-order valence-electron chi connectivity index (χ4n) is 3.92. The Morgan fingerprint density at radius 2 is 1.94 bits per heavy atom. The van der Waals surface area contributed by atoms with Crippen molar-refractivity contribution in [3.63, 3.8) is 0 Å². The molecule has 2 aliphatic rings. The van der Waals surface area contributed by atoms with Crippen LogP contribution in [0.2, 0.25) is 10.3 Å². The van der Waals surface area contributed by atoms with Gasteiger partial charge in [0.2, 0.25) is 5.28 Å². The van der Waals surface area contributed by atoms with Crippen LogP contribution in [0.25, 0.3) is 11.2 Å². The zero-order chi connectivity index (χ0) is 21.8. The zero-order valence-electron chi connectivity index (χ0n) is 16.7. The van der Waals surface area contributed by atoms with Gasteiger partial charge in [-0.3, -0.25) is 0 Å². The minimum Gasteiger partial charge on any atom is -0.394 e. The quantitative estimate of drug-likeness (QED) is 0.546. The number of hydrogen-bond acceptors (Lipinski definition) is 9. The van der Waals surface area contributed by atoms with E-state index in [2.05, 4.69) is 25.6 Å². The normalized spacial score (nSPS) is 27.0. The summed E-state index contributed by atoms with van der Waals surface area (Å²) >= 11 is 12.4. The van der Waals surface area contributed by atoms with Gasteiger partial charge in [0, 0.05) is 11.6 Å². The number of benzene rings is 1. The van der Waals surface area contributed by atoms with Crippen LogP contribution in [0.5, 0.6) is 0 Å². The highest BCUT2D eigenvalue weighted by Gasteiger charge is 2.56. The van der Waals surface area contributed by atoms with Crippen LogP contribution >= 0.6 is 23.2 Å². The number of aliphatic hydroxyl groups is 1. The molecule has 5 rings (SSSR count). The van der Waals surface area contributed by atoms with E-state index in [9.17, 15) is 5.11 Å². The summed E-state index contributed by atoms with van der Waals surface area (Å²) in [5, 5.41) is 22.0. The van der Waals surface area contributed by atoms with E-state index in [0.717, 1.165) is 5.56 Å². The zero-order valence-corrected chi connectivity index (χ0v) is 18.2. The van der Waals surface area contributed by atoms with Crippen LogP contribution in [0.15, 0.2) is 24.3 Å². The molecule has 2 saturated heterocycles. The Hall–Kier alpha value is -2.08. The lowest BCUT2D eigenvalue weighted by molar-refractivity contribution is -0.201. The minimum atomic E-state index is -0.810. The molecule has 4 heterocycles. The van der Waals surface area contributed by atoms with Gasteiger partial charge < -0.3 is 24.6 Å². The van der Waals surface area contributed by atoms with Crippen LogP contribution < -0.4 is 5.32 Å². The van der Waals surface area contributed by atoms with E-state index in [1.54, 1.807) is 0 Å². The topological polar surface area (TPSA) is 116 Å². The summed E-state index contributed by atoms with van der Waals surface area (Å²) in [5.41, 5.74) is 1.69. The second kappa shape index (κ2) is 7.80. The summed E-state index contributed by atoms with van der Waals surface area (Å²) in [7, 11) is 0. The first kappa shape index (κ1) is 20.8. The molecule has 164 valence electrons. The lowest BCUT2D eigenvalue weighted by atomic mass is 10.1. The molecule has 2 aliphatic heterocycles. The molecule has 0 aliphatic carbocycles.